The van der Waals surface area contributed by atoms with Crippen LogP contribution in [0.25, 0.3) is 0 Å². The van der Waals surface area contributed by atoms with Gasteiger partial charge in [-0.05, 0) is 99.7 Å². The standard InChI is InChI=1S/C30H48O6/c1-24(2)12-14-29-15-13-28(7)27(6)11-8-18(25(3,4)35)26(5,10-9-22(32)33)19(27)16-21(31)30(28,20(29)17-24)36-23(29)34/h18-21,31,35H,8-17H2,1-7H3,(H,32,33)/t18-,19+,20+,21-,26-,27+,28-,29-,30+/m0/s1. The fraction of sp³-hybridized carbons (Fsp3) is 0.933. The Kier molecular flexibility index (Phi) is 5.51. The molecule has 1 heterocycles. The lowest BCUT2D eigenvalue weighted by molar-refractivity contribution is -0.312. The summed E-state index contributed by atoms with van der Waals surface area (Å²) in [6.45, 7) is 15.0. The molecule has 0 aromatic rings. The number of hydrogen-bond donors (Lipinski definition) is 3. The van der Waals surface area contributed by atoms with Gasteiger partial charge in [-0.15, -0.1) is 0 Å². The quantitative estimate of drug-likeness (QED) is 0.447. The van der Waals surface area contributed by atoms with Gasteiger partial charge in [-0.2, -0.15) is 0 Å². The van der Waals surface area contributed by atoms with Crippen molar-refractivity contribution < 1.29 is 29.6 Å². The smallest absolute Gasteiger partial charge is 0.313 e. The summed E-state index contributed by atoms with van der Waals surface area (Å²) in [6.07, 6.45) is 6.23. The highest BCUT2D eigenvalue weighted by atomic mass is 16.6. The van der Waals surface area contributed by atoms with Gasteiger partial charge in [-0.1, -0.05) is 34.6 Å². The van der Waals surface area contributed by atoms with Crippen molar-refractivity contribution in [3.8, 4) is 0 Å². The average molecular weight is 505 g/mol. The fourth-order valence-corrected chi connectivity index (χ4v) is 11.1. The summed E-state index contributed by atoms with van der Waals surface area (Å²) in [5, 5.41) is 33.0. The Morgan fingerprint density at radius 2 is 1.67 bits per heavy atom. The van der Waals surface area contributed by atoms with Crippen LogP contribution in [0.4, 0.5) is 0 Å². The van der Waals surface area contributed by atoms with E-state index >= 15 is 0 Å². The van der Waals surface area contributed by atoms with Crippen LogP contribution < -0.4 is 0 Å². The maximum Gasteiger partial charge on any atom is 0.313 e. The van der Waals surface area contributed by atoms with Crippen molar-refractivity contribution in [1.82, 2.24) is 0 Å². The Bertz CT molecular complexity index is 967. The first-order chi connectivity index (χ1) is 16.4. The van der Waals surface area contributed by atoms with Crippen LogP contribution in [0.2, 0.25) is 0 Å². The van der Waals surface area contributed by atoms with Crippen LogP contribution in [0.5, 0.6) is 0 Å². The van der Waals surface area contributed by atoms with Crippen molar-refractivity contribution in [2.45, 2.75) is 130 Å². The van der Waals surface area contributed by atoms with Crippen molar-refractivity contribution >= 4 is 11.9 Å². The zero-order valence-corrected chi connectivity index (χ0v) is 23.4. The molecule has 6 heteroatoms. The summed E-state index contributed by atoms with van der Waals surface area (Å²) in [7, 11) is 0. The lowest BCUT2D eigenvalue weighted by Crippen LogP contribution is -2.75. The highest BCUT2D eigenvalue weighted by molar-refractivity contribution is 5.82. The summed E-state index contributed by atoms with van der Waals surface area (Å²) < 4.78 is 6.57. The molecule has 0 aromatic heterocycles. The first-order valence-corrected chi connectivity index (χ1v) is 14.3. The summed E-state index contributed by atoms with van der Waals surface area (Å²) in [5.74, 6) is -0.969. The highest BCUT2D eigenvalue weighted by Gasteiger charge is 2.83. The van der Waals surface area contributed by atoms with Crippen molar-refractivity contribution in [3.63, 3.8) is 0 Å². The minimum Gasteiger partial charge on any atom is -0.481 e. The zero-order valence-electron chi connectivity index (χ0n) is 23.4. The van der Waals surface area contributed by atoms with E-state index in [4.69, 9.17) is 4.74 Å². The molecule has 4 aliphatic carbocycles. The molecule has 1 aliphatic heterocycles. The number of rotatable bonds is 4. The molecule has 0 radical (unpaired) electrons. The number of hydrogen-bond acceptors (Lipinski definition) is 5. The van der Waals surface area contributed by atoms with Gasteiger partial charge in [0.05, 0.1) is 17.1 Å². The summed E-state index contributed by atoms with van der Waals surface area (Å²) in [5.41, 5.74) is -3.37. The number of ether oxygens (including phenoxy) is 1. The van der Waals surface area contributed by atoms with E-state index in [0.717, 1.165) is 44.9 Å². The van der Waals surface area contributed by atoms with Crippen molar-refractivity contribution in [2.75, 3.05) is 0 Å². The van der Waals surface area contributed by atoms with Crippen LogP contribution in [0.1, 0.15) is 113 Å². The van der Waals surface area contributed by atoms with Gasteiger partial charge < -0.3 is 20.1 Å². The molecule has 3 N–H and O–H groups in total. The maximum absolute atomic E-state index is 13.7. The van der Waals surface area contributed by atoms with Gasteiger partial charge in [0.2, 0.25) is 0 Å². The van der Waals surface area contributed by atoms with Crippen molar-refractivity contribution in [3.05, 3.63) is 0 Å². The van der Waals surface area contributed by atoms with E-state index in [-0.39, 0.29) is 41.0 Å². The number of aliphatic carboxylic acids is 1. The second kappa shape index (κ2) is 7.49. The predicted octanol–water partition coefficient (Wildman–Crippen LogP) is 5.33. The number of esters is 1. The Labute approximate surface area is 216 Å². The van der Waals surface area contributed by atoms with Crippen LogP contribution in [0.3, 0.4) is 0 Å². The molecule has 36 heavy (non-hydrogen) atoms. The predicted molar refractivity (Wildman–Crippen MR) is 136 cm³/mol. The summed E-state index contributed by atoms with van der Waals surface area (Å²) in [6, 6.07) is 0. The van der Waals surface area contributed by atoms with E-state index < -0.39 is 39.5 Å². The van der Waals surface area contributed by atoms with E-state index in [1.807, 2.05) is 13.8 Å². The van der Waals surface area contributed by atoms with Crippen LogP contribution in [-0.4, -0.2) is 44.6 Å². The molecule has 0 aromatic carbocycles. The van der Waals surface area contributed by atoms with Gasteiger partial charge in [0.1, 0.15) is 5.60 Å². The van der Waals surface area contributed by atoms with Crippen LogP contribution in [0, 0.1) is 44.8 Å². The molecule has 5 rings (SSSR count). The molecular formula is C30H48O6. The number of carbonyl (C=O) groups is 2. The molecule has 5 fully saturated rings. The first-order valence-electron chi connectivity index (χ1n) is 14.3. The number of aliphatic hydroxyl groups is 2. The van der Waals surface area contributed by atoms with Crippen molar-refractivity contribution in [2.24, 2.45) is 44.8 Å². The molecule has 5 aliphatic rings. The van der Waals surface area contributed by atoms with E-state index in [1.165, 1.54) is 0 Å². The van der Waals surface area contributed by atoms with E-state index in [9.17, 15) is 24.9 Å². The van der Waals surface area contributed by atoms with Crippen molar-refractivity contribution in [1.29, 1.82) is 0 Å². The average Bonchev–Trinajstić information content (AvgIpc) is 2.93. The second-order valence-electron chi connectivity index (χ2n) is 15.5. The molecule has 6 nitrogen and oxygen atoms in total. The molecule has 4 saturated carbocycles. The largest absolute Gasteiger partial charge is 0.481 e. The Balaban J connectivity index is 1.65. The number of carboxylic acid groups (broad SMARTS) is 1. The molecule has 1 spiro atoms. The Morgan fingerprint density at radius 1 is 1.03 bits per heavy atom. The number of fused-ring (bicyclic) bond motifs is 2. The van der Waals surface area contributed by atoms with E-state index in [0.29, 0.717) is 12.8 Å². The number of aliphatic hydroxyl groups excluding tert-OH is 1. The Morgan fingerprint density at radius 3 is 2.28 bits per heavy atom. The second-order valence-corrected chi connectivity index (χ2v) is 15.5. The SMILES string of the molecule is CC1(C)CC[C@@]23CC[C@]4(C)[C@@](OC2=O)([C@@H]3C1)[C@@H](O)C[C@@H]1[C@@](C)(CCC(=O)O)[C@H](C(C)(C)O)CC[C@]14C. The molecule has 0 amide bonds. The minimum absolute atomic E-state index is 0.00468. The van der Waals surface area contributed by atoms with Gasteiger partial charge in [0.15, 0.2) is 0 Å². The maximum atomic E-state index is 13.7. The summed E-state index contributed by atoms with van der Waals surface area (Å²) >= 11 is 0. The minimum atomic E-state index is -0.954. The molecule has 9 atom stereocenters. The van der Waals surface area contributed by atoms with Gasteiger partial charge in [0.25, 0.3) is 0 Å². The van der Waals surface area contributed by atoms with Gasteiger partial charge >= 0.3 is 11.9 Å². The third-order valence-corrected chi connectivity index (χ3v) is 13.0. The molecule has 1 saturated heterocycles. The monoisotopic (exact) mass is 504 g/mol. The normalized spacial score (nSPS) is 51.5. The lowest BCUT2D eigenvalue weighted by atomic mass is 9.31. The number of carbonyl (C=O) groups excluding carboxylic acids is 1. The molecule has 204 valence electrons. The van der Waals surface area contributed by atoms with Gasteiger partial charge in [-0.25, -0.2) is 0 Å². The zero-order chi connectivity index (χ0) is 26.7. The third kappa shape index (κ3) is 3.03. The van der Waals surface area contributed by atoms with Crippen LogP contribution >= 0.6 is 0 Å². The highest BCUT2D eigenvalue weighted by Crippen LogP contribution is 2.80. The lowest BCUT2D eigenvalue weighted by Gasteiger charge is -2.73. The molecule has 2 bridgehead atoms. The van der Waals surface area contributed by atoms with E-state index in [1.54, 1.807) is 0 Å². The topological polar surface area (TPSA) is 104 Å². The third-order valence-electron chi connectivity index (χ3n) is 13.0. The molecule has 0 unspecified atom stereocenters. The number of carboxylic acids is 1. The first kappa shape index (κ1) is 26.5. The van der Waals surface area contributed by atoms with E-state index in [2.05, 4.69) is 34.6 Å². The van der Waals surface area contributed by atoms with Crippen LogP contribution in [-0.2, 0) is 14.3 Å². The summed E-state index contributed by atoms with van der Waals surface area (Å²) in [4.78, 5) is 25.4. The van der Waals surface area contributed by atoms with Gasteiger partial charge in [0, 0.05) is 17.8 Å². The van der Waals surface area contributed by atoms with Gasteiger partial charge in [-0.3, -0.25) is 9.59 Å². The van der Waals surface area contributed by atoms with Crippen LogP contribution in [0.15, 0.2) is 0 Å². The fourth-order valence-electron chi connectivity index (χ4n) is 11.1. The Hall–Kier alpha value is -1.14. The molecular weight excluding hydrogens is 456 g/mol.